The zero-order chi connectivity index (χ0) is 26.4. The molecule has 0 amide bonds. The second-order valence-electron chi connectivity index (χ2n) is 10.2. The summed E-state index contributed by atoms with van der Waals surface area (Å²) < 4.78 is 10.6. The van der Waals surface area contributed by atoms with Gasteiger partial charge in [0.1, 0.15) is 0 Å². The molecule has 0 saturated heterocycles. The molecule has 188 valence electrons. The van der Waals surface area contributed by atoms with Gasteiger partial charge in [0.2, 0.25) is 0 Å². The molecule has 0 aliphatic heterocycles. The predicted molar refractivity (Wildman–Crippen MR) is 173 cm³/mol. The Labute approximate surface area is 242 Å². The van der Waals surface area contributed by atoms with Crippen molar-refractivity contribution in [1.82, 2.24) is 0 Å². The third-order valence-electron chi connectivity index (χ3n) is 8.13. The Morgan fingerprint density at radius 1 is 0.231 bits per heavy atom. The fourth-order valence-electron chi connectivity index (χ4n) is 6.35. The van der Waals surface area contributed by atoms with Crippen molar-refractivity contribution in [2.75, 3.05) is 0 Å². The van der Waals surface area contributed by atoms with Crippen molar-refractivity contribution in [3.05, 3.63) is 182 Å². The third kappa shape index (κ3) is 5.09. The maximum atomic E-state index is 2.43. The van der Waals surface area contributed by atoms with Gasteiger partial charge in [0, 0.05) is 0 Å². The molecule has 6 aromatic carbocycles. The third-order valence-corrected chi connectivity index (χ3v) is 79.2. The van der Waals surface area contributed by atoms with Gasteiger partial charge in [0.15, 0.2) is 0 Å². The van der Waals surface area contributed by atoms with E-state index in [1.807, 2.05) is 0 Å². The summed E-state index contributed by atoms with van der Waals surface area (Å²) in [5.41, 5.74) is 0. The molecule has 39 heavy (non-hydrogen) atoms. The molecule has 0 heterocycles. The van der Waals surface area contributed by atoms with Gasteiger partial charge < -0.3 is 0 Å². The van der Waals surface area contributed by atoms with Crippen molar-refractivity contribution in [3.63, 3.8) is 0 Å². The van der Waals surface area contributed by atoms with Gasteiger partial charge in [-0.15, -0.1) is 0 Å². The van der Waals surface area contributed by atoms with Crippen LogP contribution >= 0.6 is 0 Å². The van der Waals surface area contributed by atoms with E-state index in [-0.39, 0.29) is 0 Å². The molecule has 6 rings (SSSR count). The monoisotopic (exact) mass is 892 g/mol. The van der Waals surface area contributed by atoms with Gasteiger partial charge in [-0.05, 0) is 0 Å². The Balaban J connectivity index is 1.76. The van der Waals surface area contributed by atoms with Crippen LogP contribution in [-0.2, 0) is 0 Å². The van der Waals surface area contributed by atoms with E-state index in [1.165, 1.54) is 1.54 Å². The molecule has 0 atom stereocenters. The molecule has 0 saturated carbocycles. The van der Waals surface area contributed by atoms with Crippen molar-refractivity contribution in [3.8, 4) is 0 Å². The van der Waals surface area contributed by atoms with Crippen molar-refractivity contribution in [2.45, 2.75) is 1.54 Å². The van der Waals surface area contributed by atoms with Crippen LogP contribution in [0.2, 0.25) is 1.54 Å². The molecular formula is C37H32Pb2. The van der Waals surface area contributed by atoms with Gasteiger partial charge >= 0.3 is 245 Å². The number of benzene rings is 6. The van der Waals surface area contributed by atoms with Crippen LogP contribution in [0.3, 0.4) is 0 Å². The van der Waals surface area contributed by atoms with Gasteiger partial charge in [-0.3, -0.25) is 0 Å². The zero-order valence-electron chi connectivity index (χ0n) is 22.0. The normalized spacial score (nSPS) is 11.7. The van der Waals surface area contributed by atoms with Gasteiger partial charge in [-0.1, -0.05) is 0 Å². The van der Waals surface area contributed by atoms with Crippen LogP contribution in [0.1, 0.15) is 0 Å². The quantitative estimate of drug-likeness (QED) is 0.192. The first-order valence-electron chi connectivity index (χ1n) is 13.7. The first-order valence-corrected chi connectivity index (χ1v) is 30.8. The number of hydrogen-bond acceptors (Lipinski definition) is 0. The van der Waals surface area contributed by atoms with Crippen LogP contribution < -0.4 is 18.7 Å². The second-order valence-corrected chi connectivity index (χ2v) is 51.2. The first-order chi connectivity index (χ1) is 19.3. The maximum absolute atomic E-state index is 3.82. The Hall–Kier alpha value is -2.84. The number of hydrogen-bond donors (Lipinski definition) is 0. The van der Waals surface area contributed by atoms with E-state index in [0.717, 1.165) is 0 Å². The summed E-state index contributed by atoms with van der Waals surface area (Å²) in [6.45, 7) is 0. The van der Waals surface area contributed by atoms with Crippen LogP contribution in [-0.4, -0.2) is 42.3 Å². The average molecular weight is 891 g/mol. The van der Waals surface area contributed by atoms with Gasteiger partial charge in [-0.2, -0.15) is 0 Å². The molecule has 0 aromatic heterocycles. The molecule has 0 aliphatic rings. The van der Waals surface area contributed by atoms with Crippen molar-refractivity contribution in [1.29, 1.82) is 0 Å². The standard InChI is InChI=1S/6C6H5.CH2.2Pb/c6*1-2-4-6-5-3-1;;;/h6*1-5H;1H2;;. The molecule has 0 radical (unpaired) electrons. The van der Waals surface area contributed by atoms with Crippen LogP contribution in [0.5, 0.6) is 0 Å². The van der Waals surface area contributed by atoms with Crippen LogP contribution in [0, 0.1) is 0 Å². The summed E-state index contributed by atoms with van der Waals surface area (Å²) in [5.74, 6) is 0. The molecule has 0 nitrogen and oxygen atoms in total. The van der Waals surface area contributed by atoms with Crippen molar-refractivity contribution >= 4 is 61.1 Å². The van der Waals surface area contributed by atoms with Gasteiger partial charge in [0.05, 0.1) is 0 Å². The van der Waals surface area contributed by atoms with E-state index in [9.17, 15) is 0 Å². The van der Waals surface area contributed by atoms with Crippen LogP contribution in [0.15, 0.2) is 182 Å². The Morgan fingerprint density at radius 3 is 0.538 bits per heavy atom. The molecule has 2 heteroatoms. The van der Waals surface area contributed by atoms with Crippen LogP contribution in [0.25, 0.3) is 0 Å². The average Bonchev–Trinajstić information content (AvgIpc) is 3.04. The van der Waals surface area contributed by atoms with E-state index in [2.05, 4.69) is 182 Å². The summed E-state index contributed by atoms with van der Waals surface area (Å²) in [6.07, 6.45) is 0. The molecule has 0 spiro atoms. The molecule has 0 fully saturated rings. The van der Waals surface area contributed by atoms with E-state index >= 15 is 0 Å². The summed E-state index contributed by atoms with van der Waals surface area (Å²) in [6, 6.07) is 69.2. The Bertz CT molecular complexity index is 1270. The second kappa shape index (κ2) is 12.1. The van der Waals surface area contributed by atoms with Crippen molar-refractivity contribution in [2.24, 2.45) is 0 Å². The Kier molecular flexibility index (Phi) is 8.21. The fraction of sp³-hybridized carbons (Fsp3) is 0.0270. The molecular weight excluding hydrogens is 859 g/mol. The summed E-state index contributed by atoms with van der Waals surface area (Å²) in [5, 5.41) is 0. The first kappa shape index (κ1) is 26.4. The summed E-state index contributed by atoms with van der Waals surface area (Å²) in [7, 11) is 0. The summed E-state index contributed by atoms with van der Waals surface area (Å²) >= 11 is -7.64. The molecule has 6 aromatic rings. The summed E-state index contributed by atoms with van der Waals surface area (Å²) in [4.78, 5) is 0. The molecule has 0 aliphatic carbocycles. The van der Waals surface area contributed by atoms with Crippen LogP contribution in [0.4, 0.5) is 0 Å². The minimum absolute atomic E-state index is 1.26. The van der Waals surface area contributed by atoms with E-state index in [1.54, 1.807) is 18.7 Å². The topological polar surface area (TPSA) is 0 Å². The van der Waals surface area contributed by atoms with E-state index in [4.69, 9.17) is 0 Å². The Morgan fingerprint density at radius 2 is 0.385 bits per heavy atom. The SMILES string of the molecule is c1cc[c]([Pb]([CH2][Pb]([c]2ccccc2)([c]2ccccc2)[c]2ccccc2)([c]2ccccc2)[c]2ccccc2)cc1. The van der Waals surface area contributed by atoms with Gasteiger partial charge in [-0.25, -0.2) is 0 Å². The van der Waals surface area contributed by atoms with Crippen molar-refractivity contribution < 1.29 is 0 Å². The molecule has 0 bridgehead atoms. The molecule has 0 unspecified atom stereocenters. The minimum atomic E-state index is -3.82. The zero-order valence-corrected chi connectivity index (χ0v) is 29.8. The van der Waals surface area contributed by atoms with E-state index < -0.39 is 42.3 Å². The van der Waals surface area contributed by atoms with E-state index in [0.29, 0.717) is 0 Å². The number of rotatable bonds is 8. The molecule has 0 N–H and O–H groups in total. The predicted octanol–water partition coefficient (Wildman–Crippen LogP) is 4.87. The fourth-order valence-corrected chi connectivity index (χ4v) is 109. The van der Waals surface area contributed by atoms with Gasteiger partial charge in [0.25, 0.3) is 0 Å².